The SMILES string of the molecule is CCOC(=O)CNc1c(NC)c(=O)c1=O. The average Bonchev–Trinajstić information content (AvgIpc) is 2.23. The molecule has 0 fully saturated rings. The van der Waals surface area contributed by atoms with Gasteiger partial charge < -0.3 is 15.4 Å². The van der Waals surface area contributed by atoms with E-state index in [1.165, 1.54) is 7.05 Å². The molecule has 15 heavy (non-hydrogen) atoms. The Hall–Kier alpha value is -1.85. The Morgan fingerprint density at radius 2 is 1.87 bits per heavy atom. The van der Waals surface area contributed by atoms with E-state index in [0.717, 1.165) is 0 Å². The molecule has 0 aliphatic heterocycles. The molecule has 0 spiro atoms. The van der Waals surface area contributed by atoms with E-state index in [2.05, 4.69) is 15.4 Å². The summed E-state index contributed by atoms with van der Waals surface area (Å²) >= 11 is 0. The van der Waals surface area contributed by atoms with Gasteiger partial charge in [-0.05, 0) is 6.92 Å². The van der Waals surface area contributed by atoms with Gasteiger partial charge in [0.2, 0.25) is 0 Å². The van der Waals surface area contributed by atoms with E-state index in [-0.39, 0.29) is 24.5 Å². The first kappa shape index (κ1) is 11.2. The maximum atomic E-state index is 11.0. The predicted octanol–water partition coefficient (Wildman–Crippen LogP) is -0.701. The van der Waals surface area contributed by atoms with Crippen LogP contribution < -0.4 is 21.5 Å². The van der Waals surface area contributed by atoms with Gasteiger partial charge in [-0.15, -0.1) is 0 Å². The lowest BCUT2D eigenvalue weighted by Gasteiger charge is -2.11. The van der Waals surface area contributed by atoms with Crippen molar-refractivity contribution in [2.75, 3.05) is 30.8 Å². The van der Waals surface area contributed by atoms with Crippen LogP contribution in [0.2, 0.25) is 0 Å². The molecule has 1 aromatic carbocycles. The first-order valence-corrected chi connectivity index (χ1v) is 4.52. The topological polar surface area (TPSA) is 84.5 Å². The van der Waals surface area contributed by atoms with Crippen LogP contribution in [-0.4, -0.2) is 26.2 Å². The molecule has 0 saturated heterocycles. The zero-order valence-corrected chi connectivity index (χ0v) is 8.55. The van der Waals surface area contributed by atoms with Crippen LogP contribution in [0.25, 0.3) is 0 Å². The molecule has 0 saturated carbocycles. The summed E-state index contributed by atoms with van der Waals surface area (Å²) in [5.41, 5.74) is -0.813. The number of anilines is 2. The molecule has 6 heteroatoms. The van der Waals surface area contributed by atoms with E-state index >= 15 is 0 Å². The van der Waals surface area contributed by atoms with Gasteiger partial charge in [0.25, 0.3) is 10.9 Å². The highest BCUT2D eigenvalue weighted by atomic mass is 16.5. The lowest BCUT2D eigenvalue weighted by atomic mass is 10.2. The molecule has 0 unspecified atom stereocenters. The lowest BCUT2D eigenvalue weighted by molar-refractivity contribution is -0.140. The number of hydrogen-bond acceptors (Lipinski definition) is 6. The molecule has 82 valence electrons. The van der Waals surface area contributed by atoms with Crippen LogP contribution >= 0.6 is 0 Å². The zero-order valence-electron chi connectivity index (χ0n) is 8.55. The number of carbonyl (C=O) groups is 1. The minimum Gasteiger partial charge on any atom is -0.465 e. The standard InChI is InChI=1S/C9H12N2O4/c1-3-15-5(12)4-11-7-6(10-2)8(13)9(7)14/h10-11H,3-4H2,1-2H3. The molecule has 1 rings (SSSR count). The van der Waals surface area contributed by atoms with Gasteiger partial charge >= 0.3 is 5.97 Å². The summed E-state index contributed by atoms with van der Waals surface area (Å²) in [6, 6.07) is 0. The Morgan fingerprint density at radius 3 is 2.40 bits per heavy atom. The fourth-order valence-electron chi connectivity index (χ4n) is 1.17. The van der Waals surface area contributed by atoms with E-state index < -0.39 is 16.8 Å². The van der Waals surface area contributed by atoms with E-state index in [4.69, 9.17) is 0 Å². The highest BCUT2D eigenvalue weighted by molar-refractivity contribution is 5.80. The Labute approximate surface area is 85.9 Å². The van der Waals surface area contributed by atoms with Gasteiger partial charge in [0, 0.05) is 7.05 Å². The van der Waals surface area contributed by atoms with Crippen molar-refractivity contribution in [1.82, 2.24) is 0 Å². The van der Waals surface area contributed by atoms with E-state index in [0.29, 0.717) is 0 Å². The van der Waals surface area contributed by atoms with Gasteiger partial charge in [-0.3, -0.25) is 14.4 Å². The largest absolute Gasteiger partial charge is 0.465 e. The van der Waals surface area contributed by atoms with E-state index in [9.17, 15) is 14.4 Å². The molecule has 0 aromatic heterocycles. The summed E-state index contributed by atoms with van der Waals surface area (Å²) in [7, 11) is 1.53. The second-order valence-corrected chi connectivity index (χ2v) is 2.82. The molecule has 1 aromatic rings. The van der Waals surface area contributed by atoms with Crippen LogP contribution in [-0.2, 0) is 9.53 Å². The van der Waals surface area contributed by atoms with Crippen molar-refractivity contribution < 1.29 is 9.53 Å². The average molecular weight is 212 g/mol. The highest BCUT2D eigenvalue weighted by Crippen LogP contribution is 2.12. The van der Waals surface area contributed by atoms with Gasteiger partial charge in [0.15, 0.2) is 0 Å². The van der Waals surface area contributed by atoms with Crippen molar-refractivity contribution >= 4 is 17.3 Å². The highest BCUT2D eigenvalue weighted by Gasteiger charge is 2.19. The Balaban J connectivity index is 2.59. The first-order valence-electron chi connectivity index (χ1n) is 4.52. The van der Waals surface area contributed by atoms with Gasteiger partial charge in [-0.25, -0.2) is 0 Å². The minimum atomic E-state index is -0.608. The summed E-state index contributed by atoms with van der Waals surface area (Å²) in [5, 5.41) is 5.14. The third-order valence-electron chi connectivity index (χ3n) is 1.88. The normalized spacial score (nSPS) is 10.0. The summed E-state index contributed by atoms with van der Waals surface area (Å²) in [6.07, 6.45) is 0. The van der Waals surface area contributed by atoms with Crippen molar-refractivity contribution in [3.8, 4) is 0 Å². The van der Waals surface area contributed by atoms with Crippen molar-refractivity contribution in [3.63, 3.8) is 0 Å². The smallest absolute Gasteiger partial charge is 0.325 e. The number of ether oxygens (including phenoxy) is 1. The van der Waals surface area contributed by atoms with Crippen LogP contribution in [0.4, 0.5) is 11.4 Å². The number of hydrogen-bond donors (Lipinski definition) is 2. The van der Waals surface area contributed by atoms with Crippen molar-refractivity contribution in [3.05, 3.63) is 20.4 Å². The summed E-state index contributed by atoms with van der Waals surface area (Å²) in [6.45, 7) is 1.85. The van der Waals surface area contributed by atoms with Crippen LogP contribution in [0, 0.1) is 0 Å². The molecule has 0 heterocycles. The van der Waals surface area contributed by atoms with Gasteiger partial charge in [0.05, 0.1) is 6.61 Å². The van der Waals surface area contributed by atoms with Crippen molar-refractivity contribution in [2.24, 2.45) is 0 Å². The maximum absolute atomic E-state index is 11.0. The molecule has 0 aliphatic rings. The van der Waals surface area contributed by atoms with E-state index in [1.54, 1.807) is 6.92 Å². The fourth-order valence-corrected chi connectivity index (χ4v) is 1.17. The summed E-state index contributed by atoms with van der Waals surface area (Å²) in [5.74, 6) is -0.465. The third kappa shape index (κ3) is 2.15. The lowest BCUT2D eigenvalue weighted by Crippen LogP contribution is -2.37. The molecule has 2 N–H and O–H groups in total. The number of carbonyl (C=O) groups excluding carboxylic acids is 1. The molecule has 0 aliphatic carbocycles. The molecule has 0 bridgehead atoms. The summed E-state index contributed by atoms with van der Waals surface area (Å²) < 4.78 is 4.65. The number of esters is 1. The minimum absolute atomic E-state index is 0.118. The second-order valence-electron chi connectivity index (χ2n) is 2.82. The van der Waals surface area contributed by atoms with Gasteiger partial charge in [-0.1, -0.05) is 0 Å². The molecular weight excluding hydrogens is 200 g/mol. The van der Waals surface area contributed by atoms with Gasteiger partial charge in [0.1, 0.15) is 17.9 Å². The number of rotatable bonds is 5. The molecule has 0 radical (unpaired) electrons. The maximum Gasteiger partial charge on any atom is 0.325 e. The van der Waals surface area contributed by atoms with E-state index in [1.807, 2.05) is 0 Å². The Morgan fingerprint density at radius 1 is 1.27 bits per heavy atom. The van der Waals surface area contributed by atoms with Crippen LogP contribution in [0.15, 0.2) is 9.59 Å². The van der Waals surface area contributed by atoms with Gasteiger partial charge in [-0.2, -0.15) is 0 Å². The third-order valence-corrected chi connectivity index (χ3v) is 1.88. The predicted molar refractivity (Wildman–Crippen MR) is 56.0 cm³/mol. The molecule has 0 amide bonds. The summed E-state index contributed by atoms with van der Waals surface area (Å²) in [4.78, 5) is 32.9. The monoisotopic (exact) mass is 212 g/mol. The second kappa shape index (κ2) is 4.59. The Kier molecular flexibility index (Phi) is 3.43. The van der Waals surface area contributed by atoms with Crippen LogP contribution in [0.5, 0.6) is 0 Å². The molecular formula is C9H12N2O4. The quantitative estimate of drug-likeness (QED) is 0.496. The first-order chi connectivity index (χ1) is 7.11. The zero-order chi connectivity index (χ0) is 11.4. The van der Waals surface area contributed by atoms with Crippen LogP contribution in [0.3, 0.4) is 0 Å². The Bertz CT molecular complexity index is 431. The van der Waals surface area contributed by atoms with Crippen molar-refractivity contribution in [1.29, 1.82) is 0 Å². The number of nitrogens with one attached hydrogen (secondary N) is 2. The fraction of sp³-hybridized carbons (Fsp3) is 0.444. The molecule has 6 nitrogen and oxygen atoms in total. The molecule has 0 atom stereocenters. The van der Waals surface area contributed by atoms with Crippen molar-refractivity contribution in [2.45, 2.75) is 6.92 Å². The van der Waals surface area contributed by atoms with Crippen LogP contribution in [0.1, 0.15) is 6.92 Å².